The van der Waals surface area contributed by atoms with Gasteiger partial charge in [0, 0.05) is 35.5 Å². The van der Waals surface area contributed by atoms with Crippen molar-refractivity contribution in [1.29, 1.82) is 0 Å². The molecule has 6 nitrogen and oxygen atoms in total. The molecule has 0 unspecified atom stereocenters. The number of carbonyl (C=O) groups excluding carboxylic acids is 2. The van der Waals surface area contributed by atoms with Crippen molar-refractivity contribution in [2.45, 2.75) is 12.8 Å². The predicted octanol–water partition coefficient (Wildman–Crippen LogP) is 4.40. The Kier molecular flexibility index (Phi) is 5.79. The largest absolute Gasteiger partial charge is 0.457 e. The van der Waals surface area contributed by atoms with Gasteiger partial charge in [-0.15, -0.1) is 0 Å². The van der Waals surface area contributed by atoms with E-state index < -0.39 is 5.82 Å². The third kappa shape index (κ3) is 4.59. The van der Waals surface area contributed by atoms with Crippen LogP contribution in [0.25, 0.3) is 23.0 Å². The van der Waals surface area contributed by atoms with Crippen LogP contribution in [0.2, 0.25) is 0 Å². The molecule has 2 amide bonds. The van der Waals surface area contributed by atoms with Crippen molar-refractivity contribution >= 4 is 29.2 Å². The SMILES string of the molecule is O=C1Nc2ccccc2/C1=C\c1ccc(-c2cc(F)cc(C(=O)NCCN3CCCC3)c2)o1. The summed E-state index contributed by atoms with van der Waals surface area (Å²) in [7, 11) is 0. The molecule has 3 aromatic rings. The van der Waals surface area contributed by atoms with Crippen molar-refractivity contribution in [2.24, 2.45) is 0 Å². The molecule has 0 saturated carbocycles. The summed E-state index contributed by atoms with van der Waals surface area (Å²) < 4.78 is 20.2. The number of fused-ring (bicyclic) bond motifs is 1. The molecule has 1 saturated heterocycles. The van der Waals surface area contributed by atoms with Gasteiger partial charge in [-0.3, -0.25) is 9.59 Å². The molecular formula is C26H24FN3O3. The number of nitrogens with one attached hydrogen (secondary N) is 2. The average Bonchev–Trinajstić information content (AvgIpc) is 3.55. The van der Waals surface area contributed by atoms with Crippen LogP contribution in [-0.4, -0.2) is 42.9 Å². The maximum absolute atomic E-state index is 14.3. The number of carbonyl (C=O) groups is 2. The third-order valence-corrected chi connectivity index (χ3v) is 5.98. The van der Waals surface area contributed by atoms with Gasteiger partial charge in [-0.1, -0.05) is 18.2 Å². The normalized spacial score (nSPS) is 16.8. The van der Waals surface area contributed by atoms with Crippen molar-refractivity contribution in [3.63, 3.8) is 0 Å². The van der Waals surface area contributed by atoms with Crippen LogP contribution in [-0.2, 0) is 4.79 Å². The lowest BCUT2D eigenvalue weighted by atomic mass is 10.1. The molecule has 2 N–H and O–H groups in total. The van der Waals surface area contributed by atoms with Gasteiger partial charge in [0.05, 0.1) is 5.57 Å². The van der Waals surface area contributed by atoms with E-state index in [1.807, 2.05) is 24.3 Å². The van der Waals surface area contributed by atoms with E-state index in [-0.39, 0.29) is 17.4 Å². The highest BCUT2D eigenvalue weighted by molar-refractivity contribution is 6.34. The molecule has 7 heteroatoms. The van der Waals surface area contributed by atoms with E-state index in [4.69, 9.17) is 4.42 Å². The summed E-state index contributed by atoms with van der Waals surface area (Å²) in [5, 5.41) is 5.69. The number of hydrogen-bond acceptors (Lipinski definition) is 4. The number of benzene rings is 2. The Labute approximate surface area is 191 Å². The standard InChI is InChI=1S/C26H24FN3O3/c27-19-14-17(13-18(15-19)25(31)28-9-12-30-10-3-4-11-30)24-8-7-20(33-24)16-22-21-5-1-2-6-23(21)29-26(22)32/h1-2,5-8,13-16H,3-4,9-12H2,(H,28,31)(H,29,32)/b22-16+. The molecule has 0 aliphatic carbocycles. The van der Waals surface area contributed by atoms with Crippen molar-refractivity contribution in [1.82, 2.24) is 10.2 Å². The average molecular weight is 445 g/mol. The zero-order valence-electron chi connectivity index (χ0n) is 18.1. The van der Waals surface area contributed by atoms with E-state index in [1.54, 1.807) is 24.3 Å². The number of halogens is 1. The lowest BCUT2D eigenvalue weighted by Crippen LogP contribution is -2.33. The summed E-state index contributed by atoms with van der Waals surface area (Å²) in [4.78, 5) is 27.2. The molecule has 0 atom stereocenters. The Morgan fingerprint density at radius 3 is 2.79 bits per heavy atom. The maximum atomic E-state index is 14.3. The van der Waals surface area contributed by atoms with Crippen molar-refractivity contribution in [3.8, 4) is 11.3 Å². The third-order valence-electron chi connectivity index (χ3n) is 5.98. The molecule has 2 aliphatic heterocycles. The van der Waals surface area contributed by atoms with E-state index >= 15 is 0 Å². The van der Waals surface area contributed by atoms with Gasteiger partial charge in [-0.05, 0) is 68.4 Å². The Bertz CT molecular complexity index is 1240. The van der Waals surface area contributed by atoms with Crippen molar-refractivity contribution in [2.75, 3.05) is 31.5 Å². The molecule has 0 radical (unpaired) electrons. The first-order chi connectivity index (χ1) is 16.1. The van der Waals surface area contributed by atoms with Crippen LogP contribution in [0.1, 0.15) is 34.5 Å². The summed E-state index contributed by atoms with van der Waals surface area (Å²) >= 11 is 0. The Balaban J connectivity index is 1.33. The monoisotopic (exact) mass is 445 g/mol. The van der Waals surface area contributed by atoms with Crippen LogP contribution in [0, 0.1) is 5.82 Å². The summed E-state index contributed by atoms with van der Waals surface area (Å²) in [5.74, 6) is -0.152. The smallest absolute Gasteiger partial charge is 0.256 e. The number of para-hydroxylation sites is 1. The van der Waals surface area contributed by atoms with Crippen LogP contribution < -0.4 is 10.6 Å². The first-order valence-corrected chi connectivity index (χ1v) is 11.1. The van der Waals surface area contributed by atoms with E-state index in [0.717, 1.165) is 30.9 Å². The van der Waals surface area contributed by atoms with Crippen LogP contribution in [0.3, 0.4) is 0 Å². The number of likely N-dealkylation sites (tertiary alicyclic amines) is 1. The lowest BCUT2D eigenvalue weighted by Gasteiger charge is -2.14. The highest BCUT2D eigenvalue weighted by atomic mass is 19.1. The van der Waals surface area contributed by atoms with Crippen molar-refractivity contribution < 1.29 is 18.4 Å². The summed E-state index contributed by atoms with van der Waals surface area (Å²) in [5.41, 5.74) is 2.77. The van der Waals surface area contributed by atoms with Gasteiger partial charge in [0.15, 0.2) is 0 Å². The van der Waals surface area contributed by atoms with E-state index in [9.17, 15) is 14.0 Å². The fourth-order valence-corrected chi connectivity index (χ4v) is 4.31. The van der Waals surface area contributed by atoms with Crippen molar-refractivity contribution in [3.05, 3.63) is 77.3 Å². The molecule has 33 heavy (non-hydrogen) atoms. The minimum absolute atomic E-state index is 0.201. The van der Waals surface area contributed by atoms with Crippen LogP contribution in [0.15, 0.2) is 59.0 Å². The molecule has 5 rings (SSSR count). The zero-order valence-corrected chi connectivity index (χ0v) is 18.1. The molecule has 1 fully saturated rings. The fraction of sp³-hybridized carbons (Fsp3) is 0.231. The first kappa shape index (κ1) is 21.2. The number of rotatable bonds is 6. The molecule has 2 aromatic carbocycles. The fourth-order valence-electron chi connectivity index (χ4n) is 4.31. The summed E-state index contributed by atoms with van der Waals surface area (Å²) in [6.45, 7) is 3.43. The van der Waals surface area contributed by atoms with Crippen LogP contribution in [0.5, 0.6) is 0 Å². The Hall–Kier alpha value is -3.71. The Morgan fingerprint density at radius 2 is 1.94 bits per heavy atom. The summed E-state index contributed by atoms with van der Waals surface area (Å²) in [6, 6.07) is 15.0. The van der Waals surface area contributed by atoms with Gasteiger partial charge in [-0.25, -0.2) is 4.39 Å². The molecule has 3 heterocycles. The van der Waals surface area contributed by atoms with Crippen LogP contribution in [0.4, 0.5) is 10.1 Å². The lowest BCUT2D eigenvalue weighted by molar-refractivity contribution is -0.110. The molecular weight excluding hydrogens is 421 g/mol. The predicted molar refractivity (Wildman–Crippen MR) is 125 cm³/mol. The van der Waals surface area contributed by atoms with Gasteiger partial charge in [0.25, 0.3) is 11.8 Å². The Morgan fingerprint density at radius 1 is 1.12 bits per heavy atom. The second kappa shape index (κ2) is 9.03. The molecule has 168 valence electrons. The number of hydrogen-bond donors (Lipinski definition) is 2. The minimum atomic E-state index is -0.516. The van der Waals surface area contributed by atoms with E-state index in [0.29, 0.717) is 29.2 Å². The molecule has 2 aliphatic rings. The number of anilines is 1. The number of nitrogens with zero attached hydrogens (tertiary/aromatic N) is 1. The number of furan rings is 1. The first-order valence-electron chi connectivity index (χ1n) is 11.1. The maximum Gasteiger partial charge on any atom is 0.256 e. The van der Waals surface area contributed by atoms with Gasteiger partial charge in [-0.2, -0.15) is 0 Å². The number of amides is 2. The van der Waals surface area contributed by atoms with E-state index in [2.05, 4.69) is 15.5 Å². The molecule has 0 bridgehead atoms. The molecule has 0 spiro atoms. The van der Waals surface area contributed by atoms with Gasteiger partial charge >= 0.3 is 0 Å². The van der Waals surface area contributed by atoms with Gasteiger partial charge < -0.3 is 20.0 Å². The van der Waals surface area contributed by atoms with E-state index in [1.165, 1.54) is 25.0 Å². The van der Waals surface area contributed by atoms with Crippen LogP contribution >= 0.6 is 0 Å². The highest BCUT2D eigenvalue weighted by Gasteiger charge is 2.24. The topological polar surface area (TPSA) is 74.6 Å². The zero-order chi connectivity index (χ0) is 22.8. The second-order valence-corrected chi connectivity index (χ2v) is 8.29. The quantitative estimate of drug-likeness (QED) is 0.552. The minimum Gasteiger partial charge on any atom is -0.457 e. The highest BCUT2D eigenvalue weighted by Crippen LogP contribution is 2.34. The second-order valence-electron chi connectivity index (χ2n) is 8.29. The van der Waals surface area contributed by atoms with Gasteiger partial charge in [0.1, 0.15) is 17.3 Å². The van der Waals surface area contributed by atoms with Gasteiger partial charge in [0.2, 0.25) is 0 Å². The molecule has 1 aromatic heterocycles. The summed E-state index contributed by atoms with van der Waals surface area (Å²) in [6.07, 6.45) is 4.05.